The van der Waals surface area contributed by atoms with Gasteiger partial charge in [-0.3, -0.25) is 9.59 Å². The molecule has 138 valence electrons. The first kappa shape index (κ1) is 19.3. The molecule has 2 rings (SSSR count). The van der Waals surface area contributed by atoms with Crippen molar-refractivity contribution in [3.05, 3.63) is 48.5 Å². The van der Waals surface area contributed by atoms with Crippen molar-refractivity contribution < 1.29 is 14.3 Å². The molecule has 26 heavy (non-hydrogen) atoms. The molecule has 2 amide bonds. The Bertz CT molecular complexity index is 729. The van der Waals surface area contributed by atoms with E-state index in [4.69, 9.17) is 4.74 Å². The summed E-state index contributed by atoms with van der Waals surface area (Å²) in [5.74, 6) is 0.595. The molecule has 2 aromatic carbocycles. The molecule has 0 aromatic heterocycles. The highest BCUT2D eigenvalue weighted by molar-refractivity contribution is 5.94. The number of anilines is 3. The average molecular weight is 355 g/mol. The van der Waals surface area contributed by atoms with E-state index in [9.17, 15) is 9.59 Å². The zero-order valence-electron chi connectivity index (χ0n) is 15.2. The first-order valence-corrected chi connectivity index (χ1v) is 8.77. The quantitative estimate of drug-likeness (QED) is 0.638. The van der Waals surface area contributed by atoms with E-state index < -0.39 is 0 Å². The van der Waals surface area contributed by atoms with Gasteiger partial charge >= 0.3 is 0 Å². The summed E-state index contributed by atoms with van der Waals surface area (Å²) in [5, 5.41) is 8.71. The van der Waals surface area contributed by atoms with Crippen molar-refractivity contribution in [2.45, 2.75) is 26.7 Å². The zero-order chi connectivity index (χ0) is 18.8. The normalized spacial score (nSPS) is 10.1. The molecule has 0 saturated carbocycles. The summed E-state index contributed by atoms with van der Waals surface area (Å²) < 4.78 is 5.37. The Morgan fingerprint density at radius 3 is 2.27 bits per heavy atom. The van der Waals surface area contributed by atoms with Gasteiger partial charge in [0.05, 0.1) is 13.2 Å². The summed E-state index contributed by atoms with van der Waals surface area (Å²) >= 11 is 0. The van der Waals surface area contributed by atoms with Crippen molar-refractivity contribution in [2.75, 3.05) is 29.1 Å². The van der Waals surface area contributed by atoms with E-state index in [0.717, 1.165) is 17.9 Å². The molecule has 0 bridgehead atoms. The fourth-order valence-corrected chi connectivity index (χ4v) is 2.35. The molecule has 0 aliphatic heterocycles. The fourth-order valence-electron chi connectivity index (χ4n) is 2.35. The van der Waals surface area contributed by atoms with Crippen LogP contribution in [0.5, 0.6) is 5.75 Å². The molecule has 2 aromatic rings. The van der Waals surface area contributed by atoms with E-state index >= 15 is 0 Å². The summed E-state index contributed by atoms with van der Waals surface area (Å²) in [7, 11) is 0. The van der Waals surface area contributed by atoms with Gasteiger partial charge in [0.15, 0.2) is 0 Å². The maximum atomic E-state index is 12.1. The van der Waals surface area contributed by atoms with E-state index in [1.807, 2.05) is 44.2 Å². The topological polar surface area (TPSA) is 79.5 Å². The molecule has 6 nitrogen and oxygen atoms in total. The predicted molar refractivity (Wildman–Crippen MR) is 105 cm³/mol. The molecule has 0 unspecified atom stereocenters. The van der Waals surface area contributed by atoms with Crippen molar-refractivity contribution >= 4 is 28.9 Å². The van der Waals surface area contributed by atoms with Crippen molar-refractivity contribution in [3.8, 4) is 5.75 Å². The van der Waals surface area contributed by atoms with Gasteiger partial charge in [-0.1, -0.05) is 13.0 Å². The van der Waals surface area contributed by atoms with Crippen LogP contribution in [0.3, 0.4) is 0 Å². The summed E-state index contributed by atoms with van der Waals surface area (Å²) in [6, 6.07) is 14.5. The molecule has 0 fully saturated rings. The minimum Gasteiger partial charge on any atom is -0.494 e. The molecule has 0 aliphatic rings. The summed E-state index contributed by atoms with van der Waals surface area (Å²) in [5.41, 5.74) is 2.18. The van der Waals surface area contributed by atoms with Crippen molar-refractivity contribution in [1.82, 2.24) is 0 Å². The second-order valence-corrected chi connectivity index (χ2v) is 5.74. The van der Waals surface area contributed by atoms with E-state index in [1.54, 1.807) is 18.2 Å². The zero-order valence-corrected chi connectivity index (χ0v) is 15.2. The number of amides is 2. The van der Waals surface area contributed by atoms with Gasteiger partial charge in [-0.25, -0.2) is 0 Å². The molecule has 0 aliphatic carbocycles. The molecule has 0 heterocycles. The van der Waals surface area contributed by atoms with Gasteiger partial charge in [0, 0.05) is 23.5 Å². The number of ether oxygens (including phenoxy) is 1. The van der Waals surface area contributed by atoms with E-state index in [2.05, 4.69) is 16.0 Å². The van der Waals surface area contributed by atoms with Crippen LogP contribution in [-0.4, -0.2) is 25.0 Å². The third-order valence-corrected chi connectivity index (χ3v) is 3.53. The van der Waals surface area contributed by atoms with Gasteiger partial charge in [0.1, 0.15) is 5.75 Å². The van der Waals surface area contributed by atoms with Crippen LogP contribution < -0.4 is 20.7 Å². The van der Waals surface area contributed by atoms with Crippen LogP contribution in [0.1, 0.15) is 26.7 Å². The Hall–Kier alpha value is -3.02. The van der Waals surface area contributed by atoms with Crippen LogP contribution in [0.2, 0.25) is 0 Å². The van der Waals surface area contributed by atoms with E-state index in [0.29, 0.717) is 24.4 Å². The summed E-state index contributed by atoms with van der Waals surface area (Å²) in [6.45, 7) is 4.61. The van der Waals surface area contributed by atoms with Crippen LogP contribution in [0.4, 0.5) is 17.1 Å². The number of benzene rings is 2. The predicted octanol–water partition coefficient (Wildman–Crippen LogP) is 3.87. The van der Waals surface area contributed by atoms with Gasteiger partial charge in [-0.05, 0) is 55.8 Å². The van der Waals surface area contributed by atoms with E-state index in [-0.39, 0.29) is 18.4 Å². The van der Waals surface area contributed by atoms with Gasteiger partial charge < -0.3 is 20.7 Å². The third kappa shape index (κ3) is 6.47. The number of carbonyl (C=O) groups excluding carboxylic acids is 2. The minimum atomic E-state index is -0.158. The Labute approximate surface area is 153 Å². The SMILES string of the molecule is CCCC(=O)Nc1cccc(NCC(=O)Nc2ccc(OCC)cc2)c1. The second-order valence-electron chi connectivity index (χ2n) is 5.74. The lowest BCUT2D eigenvalue weighted by Gasteiger charge is -2.10. The number of carbonyl (C=O) groups is 2. The summed E-state index contributed by atoms with van der Waals surface area (Å²) in [4.78, 5) is 23.7. The second kappa shape index (κ2) is 10.1. The smallest absolute Gasteiger partial charge is 0.243 e. The van der Waals surface area contributed by atoms with E-state index in [1.165, 1.54) is 0 Å². The van der Waals surface area contributed by atoms with Crippen LogP contribution >= 0.6 is 0 Å². The van der Waals surface area contributed by atoms with Crippen LogP contribution in [0, 0.1) is 0 Å². The van der Waals surface area contributed by atoms with Crippen molar-refractivity contribution in [2.24, 2.45) is 0 Å². The number of hydrogen-bond acceptors (Lipinski definition) is 4. The number of rotatable bonds is 9. The maximum absolute atomic E-state index is 12.1. The van der Waals surface area contributed by atoms with Crippen LogP contribution in [-0.2, 0) is 9.59 Å². The third-order valence-electron chi connectivity index (χ3n) is 3.53. The van der Waals surface area contributed by atoms with Crippen molar-refractivity contribution in [3.63, 3.8) is 0 Å². The Morgan fingerprint density at radius 1 is 0.885 bits per heavy atom. The largest absolute Gasteiger partial charge is 0.494 e. The summed E-state index contributed by atoms with van der Waals surface area (Å²) in [6.07, 6.45) is 1.29. The maximum Gasteiger partial charge on any atom is 0.243 e. The first-order chi connectivity index (χ1) is 12.6. The van der Waals surface area contributed by atoms with Gasteiger partial charge in [0.25, 0.3) is 0 Å². The Kier molecular flexibility index (Phi) is 7.49. The monoisotopic (exact) mass is 355 g/mol. The van der Waals surface area contributed by atoms with Crippen LogP contribution in [0.25, 0.3) is 0 Å². The lowest BCUT2D eigenvalue weighted by atomic mass is 10.2. The van der Waals surface area contributed by atoms with Crippen LogP contribution in [0.15, 0.2) is 48.5 Å². The number of nitrogens with one attached hydrogen (secondary N) is 3. The molecule has 0 saturated heterocycles. The average Bonchev–Trinajstić information content (AvgIpc) is 2.62. The van der Waals surface area contributed by atoms with Gasteiger partial charge in [0.2, 0.25) is 11.8 Å². The molecular weight excluding hydrogens is 330 g/mol. The lowest BCUT2D eigenvalue weighted by molar-refractivity contribution is -0.116. The van der Waals surface area contributed by atoms with Gasteiger partial charge in [-0.2, -0.15) is 0 Å². The molecular formula is C20H25N3O3. The molecule has 3 N–H and O–H groups in total. The Morgan fingerprint density at radius 2 is 1.58 bits per heavy atom. The standard InChI is InChI=1S/C20H25N3O3/c1-3-6-19(24)23-17-8-5-7-16(13-17)21-14-20(25)22-15-9-11-18(12-10-15)26-4-2/h5,7-13,21H,3-4,6,14H2,1-2H3,(H,22,25)(H,23,24). The minimum absolute atomic E-state index is 0.0158. The number of hydrogen-bond donors (Lipinski definition) is 3. The first-order valence-electron chi connectivity index (χ1n) is 8.77. The lowest BCUT2D eigenvalue weighted by Crippen LogP contribution is -2.21. The molecule has 6 heteroatoms. The Balaban J connectivity index is 1.84. The van der Waals surface area contributed by atoms with Gasteiger partial charge in [-0.15, -0.1) is 0 Å². The highest BCUT2D eigenvalue weighted by Gasteiger charge is 2.05. The molecule has 0 atom stereocenters. The van der Waals surface area contributed by atoms with Crippen molar-refractivity contribution in [1.29, 1.82) is 0 Å². The molecule has 0 radical (unpaired) electrons. The highest BCUT2D eigenvalue weighted by Crippen LogP contribution is 2.17. The highest BCUT2D eigenvalue weighted by atomic mass is 16.5. The molecule has 0 spiro atoms. The fraction of sp³-hybridized carbons (Fsp3) is 0.300.